The molecule has 286 valence electrons. The Morgan fingerprint density at radius 2 is 0.597 bits per heavy atom. The molecular formula is C60H34S2. The second kappa shape index (κ2) is 13.1. The first kappa shape index (κ1) is 34.4. The Morgan fingerprint density at radius 1 is 0.210 bits per heavy atom. The molecule has 2 heteroatoms. The van der Waals surface area contributed by atoms with Gasteiger partial charge in [0.05, 0.1) is 0 Å². The lowest BCUT2D eigenvalue weighted by Gasteiger charge is -2.27. The molecule has 0 amide bonds. The average molecular weight is 819 g/mol. The zero-order valence-corrected chi connectivity index (χ0v) is 35.1. The van der Waals surface area contributed by atoms with E-state index in [1.54, 1.807) is 0 Å². The molecule has 2 heterocycles. The van der Waals surface area contributed by atoms with Gasteiger partial charge in [0.15, 0.2) is 0 Å². The first-order valence-corrected chi connectivity index (χ1v) is 23.0. The van der Waals surface area contributed by atoms with Crippen molar-refractivity contribution in [2.45, 2.75) is 0 Å². The van der Waals surface area contributed by atoms with Gasteiger partial charge in [-0.1, -0.05) is 176 Å². The maximum atomic E-state index is 2.54. The highest BCUT2D eigenvalue weighted by Crippen LogP contribution is 2.54. The Bertz CT molecular complexity index is 4020. The highest BCUT2D eigenvalue weighted by atomic mass is 32.1. The second-order valence-electron chi connectivity index (χ2n) is 16.6. The SMILES string of the molecule is c1ccc2c(c1)-c1cc(-c3cccc4c3sc3ccccc34)ccc1-c1cc3c4ccccc4c4ccccc4c3cc1-c1c-2cccc1-c1cccc2c1sc1ccccc12. The van der Waals surface area contributed by atoms with Gasteiger partial charge in [0.2, 0.25) is 0 Å². The van der Waals surface area contributed by atoms with E-state index in [1.165, 1.54) is 139 Å². The average Bonchev–Trinajstić information content (AvgIpc) is 3.92. The van der Waals surface area contributed by atoms with E-state index in [4.69, 9.17) is 0 Å². The molecule has 13 aromatic rings. The first-order chi connectivity index (χ1) is 30.8. The molecule has 0 saturated heterocycles. The van der Waals surface area contributed by atoms with Crippen molar-refractivity contribution in [3.05, 3.63) is 206 Å². The Morgan fingerprint density at radius 3 is 1.23 bits per heavy atom. The topological polar surface area (TPSA) is 0 Å². The van der Waals surface area contributed by atoms with E-state index >= 15 is 0 Å². The third-order valence-corrected chi connectivity index (χ3v) is 15.9. The lowest BCUT2D eigenvalue weighted by Crippen LogP contribution is -2.00. The number of rotatable bonds is 2. The largest absolute Gasteiger partial charge is 0.135 e. The molecule has 0 N–H and O–H groups in total. The summed E-state index contributed by atoms with van der Waals surface area (Å²) in [5.74, 6) is 0. The van der Waals surface area contributed by atoms with Gasteiger partial charge in [-0.15, -0.1) is 22.7 Å². The Balaban J connectivity index is 1.14. The Labute approximate surface area is 366 Å². The Kier molecular flexibility index (Phi) is 7.24. The minimum atomic E-state index is 1.24. The van der Waals surface area contributed by atoms with Crippen molar-refractivity contribution in [3.8, 4) is 66.8 Å². The standard InChI is InChI=1S/C60H34S2/c1-4-17-40-37(14-1)38-15-2-5-18-41(38)53-34-55-54(33-52(40)53)43-31-30-35(36-22-11-25-48-44-20-7-9-28-56(44)61-59(36)48)32-51(43)42-19-6-3-16-39(42)46-23-12-24-47(58(46)55)50-27-13-26-49-45-21-8-10-29-57(45)62-60(49)50/h1-34H. The second-order valence-corrected chi connectivity index (χ2v) is 18.7. The lowest BCUT2D eigenvalue weighted by atomic mass is 9.76. The van der Waals surface area contributed by atoms with E-state index in [9.17, 15) is 0 Å². The summed E-state index contributed by atoms with van der Waals surface area (Å²) in [5.41, 5.74) is 15.1. The fourth-order valence-electron chi connectivity index (χ4n) is 10.7. The minimum Gasteiger partial charge on any atom is -0.135 e. The van der Waals surface area contributed by atoms with Crippen LogP contribution in [0.5, 0.6) is 0 Å². The molecule has 11 aromatic carbocycles. The summed E-state index contributed by atoms with van der Waals surface area (Å²) < 4.78 is 5.31. The van der Waals surface area contributed by atoms with Crippen LogP contribution in [0, 0.1) is 0 Å². The lowest BCUT2D eigenvalue weighted by molar-refractivity contribution is 1.53. The van der Waals surface area contributed by atoms with Crippen LogP contribution in [0.25, 0.3) is 139 Å². The fourth-order valence-corrected chi connectivity index (χ4v) is 13.2. The predicted molar refractivity (Wildman–Crippen MR) is 271 cm³/mol. The van der Waals surface area contributed by atoms with Crippen LogP contribution in [0.15, 0.2) is 206 Å². The summed E-state index contributed by atoms with van der Waals surface area (Å²) in [6.07, 6.45) is 0. The molecule has 0 saturated carbocycles. The highest BCUT2D eigenvalue weighted by molar-refractivity contribution is 7.26. The molecule has 0 fully saturated rings. The van der Waals surface area contributed by atoms with Crippen LogP contribution < -0.4 is 0 Å². The summed E-state index contributed by atoms with van der Waals surface area (Å²) in [5, 5.41) is 13.0. The molecule has 62 heavy (non-hydrogen) atoms. The molecule has 1 aliphatic carbocycles. The van der Waals surface area contributed by atoms with Gasteiger partial charge in [0, 0.05) is 45.9 Å². The smallest absolute Gasteiger partial charge is 0.0434 e. The summed E-state index contributed by atoms with van der Waals surface area (Å²) in [4.78, 5) is 0. The zero-order chi connectivity index (χ0) is 40.5. The molecule has 0 radical (unpaired) electrons. The van der Waals surface area contributed by atoms with Gasteiger partial charge in [0.25, 0.3) is 0 Å². The zero-order valence-electron chi connectivity index (χ0n) is 33.4. The Hall–Kier alpha value is -7.36. The molecule has 0 atom stereocenters. The van der Waals surface area contributed by atoms with Crippen LogP contribution in [0.3, 0.4) is 0 Å². The van der Waals surface area contributed by atoms with E-state index in [0.29, 0.717) is 0 Å². The van der Waals surface area contributed by atoms with Gasteiger partial charge >= 0.3 is 0 Å². The van der Waals surface area contributed by atoms with Crippen LogP contribution in [0.1, 0.15) is 0 Å². The fraction of sp³-hybridized carbons (Fsp3) is 0. The van der Waals surface area contributed by atoms with Crippen LogP contribution in [-0.4, -0.2) is 0 Å². The number of thiophene rings is 2. The van der Waals surface area contributed by atoms with Crippen molar-refractivity contribution < 1.29 is 0 Å². The van der Waals surface area contributed by atoms with E-state index in [2.05, 4.69) is 206 Å². The molecule has 0 nitrogen and oxygen atoms in total. The summed E-state index contributed by atoms with van der Waals surface area (Å²) >= 11 is 3.81. The normalized spacial score (nSPS) is 12.2. The molecule has 0 aliphatic heterocycles. The van der Waals surface area contributed by atoms with Crippen molar-refractivity contribution in [2.24, 2.45) is 0 Å². The summed E-state index contributed by atoms with van der Waals surface area (Å²) in [7, 11) is 0. The van der Waals surface area contributed by atoms with E-state index < -0.39 is 0 Å². The molecule has 1 aliphatic rings. The van der Waals surface area contributed by atoms with E-state index in [0.717, 1.165) is 0 Å². The van der Waals surface area contributed by atoms with Gasteiger partial charge in [-0.25, -0.2) is 0 Å². The third-order valence-electron chi connectivity index (χ3n) is 13.4. The predicted octanol–water partition coefficient (Wildman–Crippen LogP) is 18.2. The van der Waals surface area contributed by atoms with Crippen molar-refractivity contribution in [3.63, 3.8) is 0 Å². The van der Waals surface area contributed by atoms with Crippen molar-refractivity contribution in [1.29, 1.82) is 0 Å². The number of hydrogen-bond acceptors (Lipinski definition) is 2. The number of benzene rings is 11. The number of fused-ring (bicyclic) bond motifs is 20. The van der Waals surface area contributed by atoms with Crippen molar-refractivity contribution in [1.82, 2.24) is 0 Å². The maximum Gasteiger partial charge on any atom is 0.0434 e. The van der Waals surface area contributed by atoms with Gasteiger partial charge in [0.1, 0.15) is 0 Å². The molecule has 0 unspecified atom stereocenters. The molecule has 0 bridgehead atoms. The monoisotopic (exact) mass is 818 g/mol. The van der Waals surface area contributed by atoms with Crippen LogP contribution in [0.4, 0.5) is 0 Å². The molecule has 14 rings (SSSR count). The van der Waals surface area contributed by atoms with Gasteiger partial charge < -0.3 is 0 Å². The van der Waals surface area contributed by atoms with Crippen LogP contribution in [0.2, 0.25) is 0 Å². The van der Waals surface area contributed by atoms with Gasteiger partial charge in [-0.2, -0.15) is 0 Å². The molecular weight excluding hydrogens is 785 g/mol. The number of hydrogen-bond donors (Lipinski definition) is 0. The van der Waals surface area contributed by atoms with Crippen molar-refractivity contribution >= 4 is 95.3 Å². The van der Waals surface area contributed by atoms with Crippen molar-refractivity contribution in [2.75, 3.05) is 0 Å². The highest BCUT2D eigenvalue weighted by Gasteiger charge is 2.27. The minimum absolute atomic E-state index is 1.24. The molecule has 2 aromatic heterocycles. The molecule has 0 spiro atoms. The quantitative estimate of drug-likeness (QED) is 0.152. The summed E-state index contributed by atoms with van der Waals surface area (Å²) in [6, 6.07) is 77.8. The first-order valence-electron chi connectivity index (χ1n) is 21.3. The maximum absolute atomic E-state index is 2.54. The van der Waals surface area contributed by atoms with Crippen LogP contribution in [-0.2, 0) is 0 Å². The van der Waals surface area contributed by atoms with Crippen LogP contribution >= 0.6 is 22.7 Å². The van der Waals surface area contributed by atoms with Gasteiger partial charge in [-0.05, 0) is 124 Å². The van der Waals surface area contributed by atoms with E-state index in [-0.39, 0.29) is 0 Å². The third kappa shape index (κ3) is 4.82. The van der Waals surface area contributed by atoms with E-state index in [1.807, 2.05) is 22.7 Å². The van der Waals surface area contributed by atoms with Gasteiger partial charge in [-0.3, -0.25) is 0 Å². The summed E-state index contributed by atoms with van der Waals surface area (Å²) in [6.45, 7) is 0.